The van der Waals surface area contributed by atoms with Crippen LogP contribution in [0.1, 0.15) is 36.3 Å². The summed E-state index contributed by atoms with van der Waals surface area (Å²) in [7, 11) is 0. The van der Waals surface area contributed by atoms with Crippen LogP contribution in [0.2, 0.25) is 0 Å². The first kappa shape index (κ1) is 21.7. The number of halogens is 3. The Morgan fingerprint density at radius 1 is 1.31 bits per heavy atom. The van der Waals surface area contributed by atoms with Gasteiger partial charge in [0.25, 0.3) is 5.91 Å². The van der Waals surface area contributed by atoms with Crippen molar-refractivity contribution >= 4 is 17.2 Å². The molecular formula is C20H24F3N3O2S. The van der Waals surface area contributed by atoms with Gasteiger partial charge in [-0.1, -0.05) is 12.1 Å². The maximum atomic E-state index is 12.9. The van der Waals surface area contributed by atoms with E-state index < -0.39 is 11.7 Å². The van der Waals surface area contributed by atoms with E-state index in [1.54, 1.807) is 11.4 Å². The van der Waals surface area contributed by atoms with Gasteiger partial charge in [-0.3, -0.25) is 9.69 Å². The summed E-state index contributed by atoms with van der Waals surface area (Å²) in [4.78, 5) is 18.8. The fourth-order valence-electron chi connectivity index (χ4n) is 3.40. The number of hydrogen-bond acceptors (Lipinski definition) is 5. The molecule has 0 radical (unpaired) electrons. The Kier molecular flexibility index (Phi) is 6.92. The van der Waals surface area contributed by atoms with Crippen molar-refractivity contribution in [1.82, 2.24) is 15.2 Å². The van der Waals surface area contributed by atoms with E-state index in [0.29, 0.717) is 17.1 Å². The van der Waals surface area contributed by atoms with Gasteiger partial charge in [0.05, 0.1) is 17.8 Å². The van der Waals surface area contributed by atoms with Crippen molar-refractivity contribution in [3.05, 3.63) is 40.9 Å². The quantitative estimate of drug-likeness (QED) is 0.707. The van der Waals surface area contributed by atoms with Crippen molar-refractivity contribution in [2.24, 2.45) is 0 Å². The smallest absolute Gasteiger partial charge is 0.373 e. The molecule has 9 heteroatoms. The van der Waals surface area contributed by atoms with Crippen molar-refractivity contribution < 1.29 is 22.7 Å². The minimum absolute atomic E-state index is 0.206. The standard InChI is InChI=1S/C20H24F3N3O2S/c1-13-10-26(11-14(2)28-13)8-4-7-24-18(27)17-12-29-19(25-17)15-5-3-6-16(9-15)20(21,22)23/h3,5-6,9,12-14H,4,7-8,10-11H2,1-2H3,(H,24,27). The second kappa shape index (κ2) is 9.23. The van der Waals surface area contributed by atoms with E-state index in [-0.39, 0.29) is 23.8 Å². The number of alkyl halides is 3. The average Bonchev–Trinajstić information content (AvgIpc) is 3.14. The Hall–Kier alpha value is -1.97. The Balaban J connectivity index is 1.51. The summed E-state index contributed by atoms with van der Waals surface area (Å²) < 4.78 is 44.3. The van der Waals surface area contributed by atoms with Gasteiger partial charge < -0.3 is 10.1 Å². The minimum atomic E-state index is -4.41. The van der Waals surface area contributed by atoms with Crippen LogP contribution >= 0.6 is 11.3 Å². The number of benzene rings is 1. The van der Waals surface area contributed by atoms with Crippen molar-refractivity contribution in [2.45, 2.75) is 38.7 Å². The van der Waals surface area contributed by atoms with Gasteiger partial charge in [0.2, 0.25) is 0 Å². The van der Waals surface area contributed by atoms with E-state index >= 15 is 0 Å². The molecule has 1 aromatic heterocycles. The Bertz CT molecular complexity index is 830. The number of amides is 1. The van der Waals surface area contributed by atoms with Crippen LogP contribution in [0, 0.1) is 0 Å². The molecule has 1 aliphatic rings. The topological polar surface area (TPSA) is 54.5 Å². The monoisotopic (exact) mass is 427 g/mol. The van der Waals surface area contributed by atoms with Crippen LogP contribution in [-0.2, 0) is 10.9 Å². The van der Waals surface area contributed by atoms with E-state index in [4.69, 9.17) is 4.74 Å². The highest BCUT2D eigenvalue weighted by Crippen LogP contribution is 2.33. The lowest BCUT2D eigenvalue weighted by Gasteiger charge is -2.35. The predicted octanol–water partition coefficient (Wildman–Crippen LogP) is 4.06. The molecule has 1 amide bonds. The van der Waals surface area contributed by atoms with Gasteiger partial charge in [0.1, 0.15) is 10.7 Å². The van der Waals surface area contributed by atoms with Gasteiger partial charge in [0.15, 0.2) is 0 Å². The number of carbonyl (C=O) groups is 1. The zero-order valence-corrected chi connectivity index (χ0v) is 17.1. The summed E-state index contributed by atoms with van der Waals surface area (Å²) in [6.07, 6.45) is -3.20. The summed E-state index contributed by atoms with van der Waals surface area (Å²) in [5.41, 5.74) is -0.168. The van der Waals surface area contributed by atoms with E-state index in [2.05, 4.69) is 29.0 Å². The van der Waals surface area contributed by atoms with Gasteiger partial charge in [-0.15, -0.1) is 11.3 Å². The van der Waals surface area contributed by atoms with Gasteiger partial charge in [0, 0.05) is 37.1 Å². The Morgan fingerprint density at radius 2 is 2.03 bits per heavy atom. The second-order valence-electron chi connectivity index (χ2n) is 7.24. The molecule has 2 heterocycles. The van der Waals surface area contributed by atoms with E-state index in [0.717, 1.165) is 49.5 Å². The molecule has 1 N–H and O–H groups in total. The molecule has 5 nitrogen and oxygen atoms in total. The first-order valence-corrected chi connectivity index (χ1v) is 10.4. The number of carbonyl (C=O) groups excluding carboxylic acids is 1. The number of aromatic nitrogens is 1. The number of nitrogens with one attached hydrogen (secondary N) is 1. The maximum Gasteiger partial charge on any atom is 0.416 e. The molecule has 2 unspecified atom stereocenters. The third kappa shape index (κ3) is 6.01. The number of ether oxygens (including phenoxy) is 1. The summed E-state index contributed by atoms with van der Waals surface area (Å²) >= 11 is 1.15. The molecule has 2 atom stereocenters. The number of rotatable bonds is 6. The lowest BCUT2D eigenvalue weighted by atomic mass is 10.1. The van der Waals surface area contributed by atoms with Crippen LogP contribution in [0.25, 0.3) is 10.6 Å². The fraction of sp³-hybridized carbons (Fsp3) is 0.500. The number of thiazole rings is 1. The average molecular weight is 427 g/mol. The van der Waals surface area contributed by atoms with Crippen LogP contribution in [-0.4, -0.2) is 54.2 Å². The number of nitrogens with zero attached hydrogens (tertiary/aromatic N) is 2. The zero-order chi connectivity index (χ0) is 21.0. The van der Waals surface area contributed by atoms with E-state index in [1.165, 1.54) is 6.07 Å². The fourth-order valence-corrected chi connectivity index (χ4v) is 4.20. The molecule has 158 valence electrons. The van der Waals surface area contributed by atoms with Crippen LogP contribution in [0.5, 0.6) is 0 Å². The summed E-state index contributed by atoms with van der Waals surface area (Å²) in [5.74, 6) is -0.316. The van der Waals surface area contributed by atoms with Gasteiger partial charge in [-0.2, -0.15) is 13.2 Å². The molecule has 1 aromatic carbocycles. The SMILES string of the molecule is CC1CN(CCCNC(=O)c2csc(-c3cccc(C(F)(F)F)c3)n2)CC(C)O1. The molecule has 1 fully saturated rings. The van der Waals surface area contributed by atoms with Gasteiger partial charge in [-0.25, -0.2) is 4.98 Å². The molecule has 3 rings (SSSR count). The molecular weight excluding hydrogens is 403 g/mol. The number of hydrogen-bond donors (Lipinski definition) is 1. The van der Waals surface area contributed by atoms with Crippen LogP contribution < -0.4 is 5.32 Å². The molecule has 1 saturated heterocycles. The maximum absolute atomic E-state index is 12.9. The van der Waals surface area contributed by atoms with Crippen LogP contribution in [0.4, 0.5) is 13.2 Å². The van der Waals surface area contributed by atoms with E-state index in [9.17, 15) is 18.0 Å². The zero-order valence-electron chi connectivity index (χ0n) is 16.3. The van der Waals surface area contributed by atoms with Crippen molar-refractivity contribution in [2.75, 3.05) is 26.2 Å². The third-order valence-corrected chi connectivity index (χ3v) is 5.50. The second-order valence-corrected chi connectivity index (χ2v) is 8.10. The predicted molar refractivity (Wildman–Crippen MR) is 106 cm³/mol. The lowest BCUT2D eigenvalue weighted by molar-refractivity contribution is -0.137. The first-order valence-electron chi connectivity index (χ1n) is 9.51. The molecule has 0 aliphatic carbocycles. The van der Waals surface area contributed by atoms with Crippen molar-refractivity contribution in [3.8, 4) is 10.6 Å². The minimum Gasteiger partial charge on any atom is -0.373 e. The molecule has 1 aliphatic heterocycles. The van der Waals surface area contributed by atoms with E-state index in [1.807, 2.05) is 0 Å². The van der Waals surface area contributed by atoms with Crippen molar-refractivity contribution in [3.63, 3.8) is 0 Å². The molecule has 2 aromatic rings. The Labute approximate surface area is 171 Å². The largest absolute Gasteiger partial charge is 0.416 e. The highest BCUT2D eigenvalue weighted by atomic mass is 32.1. The lowest BCUT2D eigenvalue weighted by Crippen LogP contribution is -2.46. The molecule has 0 bridgehead atoms. The van der Waals surface area contributed by atoms with Crippen LogP contribution in [0.15, 0.2) is 29.6 Å². The van der Waals surface area contributed by atoms with Crippen LogP contribution in [0.3, 0.4) is 0 Å². The summed E-state index contributed by atoms with van der Waals surface area (Å²) in [5, 5.41) is 4.78. The molecule has 29 heavy (non-hydrogen) atoms. The first-order chi connectivity index (χ1) is 13.7. The van der Waals surface area contributed by atoms with Crippen molar-refractivity contribution in [1.29, 1.82) is 0 Å². The van der Waals surface area contributed by atoms with Gasteiger partial charge >= 0.3 is 6.18 Å². The normalized spacial score (nSPS) is 20.6. The number of morpholine rings is 1. The Morgan fingerprint density at radius 3 is 2.72 bits per heavy atom. The molecule has 0 saturated carbocycles. The third-order valence-electron chi connectivity index (χ3n) is 4.61. The summed E-state index contributed by atoms with van der Waals surface area (Å²) in [6, 6.07) is 4.96. The highest BCUT2D eigenvalue weighted by Gasteiger charge is 2.30. The van der Waals surface area contributed by atoms with Gasteiger partial charge in [-0.05, 0) is 32.4 Å². The summed E-state index contributed by atoms with van der Waals surface area (Å²) in [6.45, 7) is 7.24. The highest BCUT2D eigenvalue weighted by molar-refractivity contribution is 7.13. The molecule has 0 spiro atoms.